The van der Waals surface area contributed by atoms with E-state index < -0.39 is 10.0 Å². The smallest absolute Gasteiger partial charge is 0.263 e. The predicted octanol–water partition coefficient (Wildman–Crippen LogP) is 3.13. The first kappa shape index (κ1) is 18.2. The van der Waals surface area contributed by atoms with E-state index in [1.54, 1.807) is 31.2 Å². The van der Waals surface area contributed by atoms with E-state index in [-0.39, 0.29) is 10.7 Å². The molecule has 0 unspecified atom stereocenters. The maximum atomic E-state index is 12.5. The van der Waals surface area contributed by atoms with Gasteiger partial charge < -0.3 is 4.90 Å². The summed E-state index contributed by atoms with van der Waals surface area (Å²) in [7, 11) is -1.74. The topological polar surface area (TPSA) is 75.2 Å². The molecule has 0 saturated carbocycles. The molecule has 2 rings (SSSR count). The van der Waals surface area contributed by atoms with Gasteiger partial charge in [0, 0.05) is 13.6 Å². The van der Waals surface area contributed by atoms with Crippen molar-refractivity contribution in [2.45, 2.75) is 38.5 Å². The normalized spacial score (nSPS) is 11.3. The molecule has 0 bridgehead atoms. The number of aryl methyl sites for hydroxylation is 2. The Labute approximate surface area is 144 Å². The second-order valence-corrected chi connectivity index (χ2v) is 7.58. The molecule has 1 heterocycles. The Morgan fingerprint density at radius 2 is 1.88 bits per heavy atom. The van der Waals surface area contributed by atoms with Gasteiger partial charge in [-0.2, -0.15) is 0 Å². The highest BCUT2D eigenvalue weighted by molar-refractivity contribution is 7.92. The molecule has 0 amide bonds. The monoisotopic (exact) mass is 348 g/mol. The highest BCUT2D eigenvalue weighted by Crippen LogP contribution is 2.20. The van der Waals surface area contributed by atoms with Crippen LogP contribution in [0, 0.1) is 13.8 Å². The molecule has 24 heavy (non-hydrogen) atoms. The molecule has 1 aromatic heterocycles. The summed E-state index contributed by atoms with van der Waals surface area (Å²) in [6.45, 7) is 6.65. The van der Waals surface area contributed by atoms with Crippen LogP contribution in [0.1, 0.15) is 30.9 Å². The highest BCUT2D eigenvalue weighted by atomic mass is 32.2. The Hall–Kier alpha value is -2.15. The molecular weight excluding hydrogens is 324 g/mol. The van der Waals surface area contributed by atoms with Crippen LogP contribution >= 0.6 is 0 Å². The predicted molar refractivity (Wildman–Crippen MR) is 96.9 cm³/mol. The summed E-state index contributed by atoms with van der Waals surface area (Å²) in [6, 6.07) is 8.73. The lowest BCUT2D eigenvalue weighted by molar-refractivity contribution is 0.600. The van der Waals surface area contributed by atoms with Crippen LogP contribution in [0.3, 0.4) is 0 Å². The second-order valence-electron chi connectivity index (χ2n) is 5.93. The number of nitrogens with one attached hydrogen (secondary N) is 1. The third kappa shape index (κ3) is 4.44. The molecule has 0 aliphatic rings. The Bertz CT molecular complexity index is 789. The van der Waals surface area contributed by atoms with Crippen LogP contribution in [-0.2, 0) is 10.0 Å². The zero-order chi connectivity index (χ0) is 17.7. The van der Waals surface area contributed by atoms with Crippen LogP contribution in [-0.4, -0.2) is 32.2 Å². The lowest BCUT2D eigenvalue weighted by Gasteiger charge is -2.17. The fourth-order valence-electron chi connectivity index (χ4n) is 2.28. The van der Waals surface area contributed by atoms with Crippen molar-refractivity contribution in [1.82, 2.24) is 10.2 Å². The fourth-order valence-corrected chi connectivity index (χ4v) is 3.61. The van der Waals surface area contributed by atoms with Gasteiger partial charge in [-0.1, -0.05) is 25.5 Å². The number of nitrogens with zero attached hydrogens (tertiary/aromatic N) is 3. The first-order chi connectivity index (χ1) is 11.3. The summed E-state index contributed by atoms with van der Waals surface area (Å²) in [5.74, 6) is 0.932. The van der Waals surface area contributed by atoms with Crippen LogP contribution in [0.5, 0.6) is 0 Å². The standard InChI is InChI=1S/C17H24N4O2S/c1-5-6-11-21(4)17-10-9-16(18-19-17)20-24(22,23)15-12-13(2)7-8-14(15)3/h7-10,12H,5-6,11H2,1-4H3,(H,18,20). The van der Waals surface area contributed by atoms with E-state index >= 15 is 0 Å². The van der Waals surface area contributed by atoms with Gasteiger partial charge in [0.25, 0.3) is 10.0 Å². The third-order valence-corrected chi connectivity index (χ3v) is 5.26. The van der Waals surface area contributed by atoms with Crippen molar-refractivity contribution in [1.29, 1.82) is 0 Å². The summed E-state index contributed by atoms with van der Waals surface area (Å²) < 4.78 is 27.6. The van der Waals surface area contributed by atoms with Crippen molar-refractivity contribution in [3.05, 3.63) is 41.5 Å². The highest BCUT2D eigenvalue weighted by Gasteiger charge is 2.18. The fraction of sp³-hybridized carbons (Fsp3) is 0.412. The molecule has 0 atom stereocenters. The number of aromatic nitrogens is 2. The van der Waals surface area contributed by atoms with E-state index in [0.717, 1.165) is 30.8 Å². The molecule has 130 valence electrons. The van der Waals surface area contributed by atoms with Gasteiger partial charge in [0.05, 0.1) is 4.90 Å². The Balaban J connectivity index is 2.17. The molecular formula is C17H24N4O2S. The van der Waals surface area contributed by atoms with E-state index in [2.05, 4.69) is 21.8 Å². The first-order valence-corrected chi connectivity index (χ1v) is 9.46. The molecule has 1 N–H and O–H groups in total. The van der Waals surface area contributed by atoms with E-state index in [0.29, 0.717) is 5.56 Å². The largest absolute Gasteiger partial charge is 0.358 e. The maximum Gasteiger partial charge on any atom is 0.263 e. The van der Waals surface area contributed by atoms with E-state index in [1.165, 1.54) is 0 Å². The Kier molecular flexibility index (Phi) is 5.77. The van der Waals surface area contributed by atoms with Crippen LogP contribution in [0.25, 0.3) is 0 Å². The minimum Gasteiger partial charge on any atom is -0.358 e. The number of hydrogen-bond acceptors (Lipinski definition) is 5. The molecule has 1 aromatic carbocycles. The van der Waals surface area contributed by atoms with Crippen LogP contribution in [0.2, 0.25) is 0 Å². The summed E-state index contributed by atoms with van der Waals surface area (Å²) in [5.41, 5.74) is 1.58. The summed E-state index contributed by atoms with van der Waals surface area (Å²) in [5, 5.41) is 8.09. The molecule has 0 fully saturated rings. The molecule has 2 aromatic rings. The first-order valence-electron chi connectivity index (χ1n) is 7.98. The van der Waals surface area contributed by atoms with Crippen molar-refractivity contribution >= 4 is 21.7 Å². The lowest BCUT2D eigenvalue weighted by atomic mass is 10.2. The minimum absolute atomic E-state index is 0.212. The quantitative estimate of drug-likeness (QED) is 0.832. The van der Waals surface area contributed by atoms with Gasteiger partial charge in [-0.05, 0) is 49.6 Å². The molecule has 0 saturated heterocycles. The van der Waals surface area contributed by atoms with E-state index in [9.17, 15) is 8.42 Å². The van der Waals surface area contributed by atoms with Crippen molar-refractivity contribution < 1.29 is 8.42 Å². The SMILES string of the molecule is CCCCN(C)c1ccc(NS(=O)(=O)c2cc(C)ccc2C)nn1. The Morgan fingerprint density at radius 1 is 1.12 bits per heavy atom. The van der Waals surface area contributed by atoms with Gasteiger partial charge in [-0.25, -0.2) is 8.42 Å². The molecule has 0 spiro atoms. The van der Waals surface area contributed by atoms with Crippen molar-refractivity contribution in [3.63, 3.8) is 0 Å². The van der Waals surface area contributed by atoms with E-state index in [1.807, 2.05) is 24.9 Å². The zero-order valence-corrected chi connectivity index (χ0v) is 15.4. The minimum atomic E-state index is -3.68. The van der Waals surface area contributed by atoms with Gasteiger partial charge in [0.2, 0.25) is 0 Å². The number of rotatable bonds is 7. The Morgan fingerprint density at radius 3 is 2.50 bits per heavy atom. The summed E-state index contributed by atoms with van der Waals surface area (Å²) in [4.78, 5) is 2.26. The van der Waals surface area contributed by atoms with Crippen LogP contribution < -0.4 is 9.62 Å². The number of benzene rings is 1. The molecule has 7 heteroatoms. The van der Waals surface area contributed by atoms with Gasteiger partial charge in [0.1, 0.15) is 0 Å². The second kappa shape index (κ2) is 7.61. The van der Waals surface area contributed by atoms with Gasteiger partial charge in [0.15, 0.2) is 11.6 Å². The molecule has 0 aliphatic heterocycles. The van der Waals surface area contributed by atoms with Crippen LogP contribution in [0.4, 0.5) is 11.6 Å². The van der Waals surface area contributed by atoms with Crippen molar-refractivity contribution in [2.24, 2.45) is 0 Å². The average Bonchev–Trinajstić information content (AvgIpc) is 2.55. The van der Waals surface area contributed by atoms with Gasteiger partial charge >= 0.3 is 0 Å². The maximum absolute atomic E-state index is 12.5. The zero-order valence-electron chi connectivity index (χ0n) is 14.6. The lowest BCUT2D eigenvalue weighted by Crippen LogP contribution is -2.20. The summed E-state index contributed by atoms with van der Waals surface area (Å²) in [6.07, 6.45) is 2.17. The number of unbranched alkanes of at least 4 members (excludes halogenated alkanes) is 1. The molecule has 0 aliphatic carbocycles. The summed E-state index contributed by atoms with van der Waals surface area (Å²) >= 11 is 0. The number of anilines is 2. The van der Waals surface area contributed by atoms with Gasteiger partial charge in [-0.3, -0.25) is 4.72 Å². The van der Waals surface area contributed by atoms with Crippen LogP contribution in [0.15, 0.2) is 35.2 Å². The molecule has 0 radical (unpaired) electrons. The third-order valence-electron chi connectivity index (χ3n) is 3.76. The number of hydrogen-bond donors (Lipinski definition) is 1. The van der Waals surface area contributed by atoms with Gasteiger partial charge in [-0.15, -0.1) is 10.2 Å². The number of sulfonamides is 1. The van der Waals surface area contributed by atoms with Crippen molar-refractivity contribution in [3.8, 4) is 0 Å². The molecule has 6 nitrogen and oxygen atoms in total. The van der Waals surface area contributed by atoms with E-state index in [4.69, 9.17) is 0 Å². The van der Waals surface area contributed by atoms with Crippen molar-refractivity contribution in [2.75, 3.05) is 23.2 Å². The average molecular weight is 348 g/mol.